The Morgan fingerprint density at radius 1 is 1.29 bits per heavy atom. The molecule has 3 atom stereocenters. The highest BCUT2D eigenvalue weighted by Crippen LogP contribution is 2.64. The Morgan fingerprint density at radius 2 is 2.05 bits per heavy atom. The Hall–Kier alpha value is -1.38. The van der Waals surface area contributed by atoms with Crippen LogP contribution in [0.3, 0.4) is 0 Å². The number of halogens is 1. The molecule has 2 nitrogen and oxygen atoms in total. The molecule has 1 heterocycles. The van der Waals surface area contributed by atoms with Crippen LogP contribution < -0.4 is 0 Å². The Labute approximate surface area is 125 Å². The van der Waals surface area contributed by atoms with Crippen molar-refractivity contribution in [2.45, 2.75) is 52.6 Å². The maximum Gasteiger partial charge on any atom is 0.129 e. The molecule has 112 valence electrons. The van der Waals surface area contributed by atoms with E-state index in [2.05, 4.69) is 25.7 Å². The van der Waals surface area contributed by atoms with Gasteiger partial charge >= 0.3 is 0 Å². The molecule has 2 fully saturated rings. The average Bonchev–Trinajstić information content (AvgIpc) is 2.99. The van der Waals surface area contributed by atoms with Crippen molar-refractivity contribution in [3.8, 4) is 0 Å². The molecule has 1 aliphatic heterocycles. The van der Waals surface area contributed by atoms with Crippen LogP contribution in [0.2, 0.25) is 0 Å². The van der Waals surface area contributed by atoms with E-state index in [0.717, 1.165) is 23.6 Å². The van der Waals surface area contributed by atoms with Gasteiger partial charge in [0.15, 0.2) is 0 Å². The number of hydrogen-bond acceptors (Lipinski definition) is 1. The van der Waals surface area contributed by atoms with Gasteiger partial charge in [-0.15, -0.1) is 0 Å². The molecular formula is C18H23FN2. The zero-order valence-corrected chi connectivity index (χ0v) is 13.0. The fourth-order valence-corrected chi connectivity index (χ4v) is 5.60. The normalized spacial score (nSPS) is 36.4. The molecule has 1 aromatic rings. The summed E-state index contributed by atoms with van der Waals surface area (Å²) >= 11 is 0. The Kier molecular flexibility index (Phi) is 2.45. The minimum absolute atomic E-state index is 0.236. The number of amidine groups is 1. The summed E-state index contributed by atoms with van der Waals surface area (Å²) in [7, 11) is 0. The number of fused-ring (bicyclic) bond motifs is 3. The van der Waals surface area contributed by atoms with E-state index >= 15 is 0 Å². The summed E-state index contributed by atoms with van der Waals surface area (Å²) in [5.74, 6) is 1.05. The number of nitrogens with zero attached hydrogens (tertiary/aromatic N) is 1. The smallest absolute Gasteiger partial charge is 0.129 e. The third kappa shape index (κ3) is 1.60. The highest BCUT2D eigenvalue weighted by atomic mass is 19.1. The van der Waals surface area contributed by atoms with Crippen LogP contribution >= 0.6 is 0 Å². The molecule has 3 aliphatic rings. The molecule has 0 radical (unpaired) electrons. The summed E-state index contributed by atoms with van der Waals surface area (Å²) in [6.45, 7) is 7.89. The van der Waals surface area contributed by atoms with Crippen LogP contribution in [0.15, 0.2) is 18.2 Å². The number of nitrogens with one attached hydrogen (secondary N) is 1. The lowest BCUT2D eigenvalue weighted by molar-refractivity contribution is 0.0440. The monoisotopic (exact) mass is 286 g/mol. The van der Waals surface area contributed by atoms with Gasteiger partial charge in [0.1, 0.15) is 11.7 Å². The van der Waals surface area contributed by atoms with Gasteiger partial charge in [0.25, 0.3) is 0 Å². The largest absolute Gasteiger partial charge is 0.348 e. The third-order valence-electron chi connectivity index (χ3n) is 6.46. The van der Waals surface area contributed by atoms with E-state index in [1.54, 1.807) is 0 Å². The number of hydrogen-bond donors (Lipinski definition) is 1. The standard InChI is InChI=1S/C18H23FN2/c1-17(2)12-6-7-18(3,9-12)16(17)21-10-11-4-5-13(19)8-14(11)15(21)20/h4-5,8,12,16,20H,6-7,9-10H2,1-3H3. The van der Waals surface area contributed by atoms with Gasteiger partial charge in [-0.05, 0) is 53.7 Å². The van der Waals surface area contributed by atoms with Crippen molar-refractivity contribution >= 4 is 5.84 Å². The van der Waals surface area contributed by atoms with Crippen molar-refractivity contribution in [2.24, 2.45) is 16.7 Å². The van der Waals surface area contributed by atoms with Crippen LogP contribution in [0.4, 0.5) is 4.39 Å². The molecule has 0 aromatic heterocycles. The van der Waals surface area contributed by atoms with Crippen LogP contribution in [0.5, 0.6) is 0 Å². The van der Waals surface area contributed by atoms with E-state index in [0.29, 0.717) is 17.3 Å². The first-order valence-corrected chi connectivity index (χ1v) is 7.97. The van der Waals surface area contributed by atoms with Gasteiger partial charge in [0.2, 0.25) is 0 Å². The van der Waals surface area contributed by atoms with Gasteiger partial charge in [-0.25, -0.2) is 4.39 Å². The Bertz CT molecular complexity index is 631. The minimum atomic E-state index is -0.237. The molecule has 2 aliphatic carbocycles. The van der Waals surface area contributed by atoms with E-state index in [1.807, 2.05) is 6.07 Å². The fraction of sp³-hybridized carbons (Fsp3) is 0.611. The first-order chi connectivity index (χ1) is 9.83. The lowest BCUT2D eigenvalue weighted by Crippen LogP contribution is -2.52. The summed E-state index contributed by atoms with van der Waals surface area (Å²) in [5.41, 5.74) is 2.43. The summed E-state index contributed by atoms with van der Waals surface area (Å²) in [6, 6.07) is 5.29. The summed E-state index contributed by atoms with van der Waals surface area (Å²) in [4.78, 5) is 2.25. The molecule has 0 spiro atoms. The molecule has 2 saturated carbocycles. The Balaban J connectivity index is 1.74. The highest BCUT2D eigenvalue weighted by Gasteiger charge is 2.62. The van der Waals surface area contributed by atoms with Crippen molar-refractivity contribution in [2.75, 3.05) is 0 Å². The van der Waals surface area contributed by atoms with Gasteiger partial charge < -0.3 is 4.90 Å². The quantitative estimate of drug-likeness (QED) is 0.823. The van der Waals surface area contributed by atoms with Crippen LogP contribution in [0.1, 0.15) is 51.2 Å². The molecule has 3 unspecified atom stereocenters. The van der Waals surface area contributed by atoms with Crippen molar-refractivity contribution in [3.05, 3.63) is 35.1 Å². The van der Waals surface area contributed by atoms with E-state index in [4.69, 9.17) is 5.41 Å². The van der Waals surface area contributed by atoms with Crippen LogP contribution in [-0.4, -0.2) is 16.8 Å². The molecule has 0 amide bonds. The van der Waals surface area contributed by atoms with Gasteiger partial charge in [-0.1, -0.05) is 26.8 Å². The van der Waals surface area contributed by atoms with Crippen molar-refractivity contribution in [3.63, 3.8) is 0 Å². The first kappa shape index (κ1) is 13.3. The van der Waals surface area contributed by atoms with Crippen molar-refractivity contribution in [1.29, 1.82) is 5.41 Å². The lowest BCUT2D eigenvalue weighted by Gasteiger charge is -2.48. The molecule has 0 saturated heterocycles. The molecule has 3 heteroatoms. The number of benzene rings is 1. The lowest BCUT2D eigenvalue weighted by atomic mass is 9.67. The van der Waals surface area contributed by atoms with Crippen LogP contribution in [-0.2, 0) is 6.54 Å². The van der Waals surface area contributed by atoms with E-state index < -0.39 is 0 Å². The maximum atomic E-state index is 13.5. The molecule has 21 heavy (non-hydrogen) atoms. The summed E-state index contributed by atoms with van der Waals surface area (Å²) < 4.78 is 13.5. The first-order valence-electron chi connectivity index (χ1n) is 7.97. The summed E-state index contributed by atoms with van der Waals surface area (Å²) in [6.07, 6.45) is 3.86. The second-order valence-electron chi connectivity index (χ2n) is 8.10. The van der Waals surface area contributed by atoms with E-state index in [1.165, 1.54) is 31.4 Å². The molecule has 2 bridgehead atoms. The van der Waals surface area contributed by atoms with Gasteiger partial charge in [0.05, 0.1) is 0 Å². The van der Waals surface area contributed by atoms with Gasteiger partial charge in [0, 0.05) is 18.2 Å². The zero-order valence-electron chi connectivity index (χ0n) is 13.0. The topological polar surface area (TPSA) is 27.1 Å². The van der Waals surface area contributed by atoms with Crippen molar-refractivity contribution < 1.29 is 4.39 Å². The molecule has 4 rings (SSSR count). The average molecular weight is 286 g/mol. The molecular weight excluding hydrogens is 263 g/mol. The summed E-state index contributed by atoms with van der Waals surface area (Å²) in [5, 5.41) is 8.55. The van der Waals surface area contributed by atoms with Crippen molar-refractivity contribution in [1.82, 2.24) is 4.90 Å². The predicted molar refractivity (Wildman–Crippen MR) is 81.8 cm³/mol. The second-order valence-corrected chi connectivity index (χ2v) is 8.10. The number of rotatable bonds is 1. The maximum absolute atomic E-state index is 13.5. The second kappa shape index (κ2) is 3.88. The highest BCUT2D eigenvalue weighted by molar-refractivity contribution is 6.00. The van der Waals surface area contributed by atoms with E-state index in [-0.39, 0.29) is 11.2 Å². The van der Waals surface area contributed by atoms with E-state index in [9.17, 15) is 4.39 Å². The minimum Gasteiger partial charge on any atom is -0.348 e. The van der Waals surface area contributed by atoms with Gasteiger partial charge in [-0.2, -0.15) is 0 Å². The SMILES string of the molecule is CC12CCC(C1)C(C)(C)C2N1Cc2ccc(F)cc2C1=N. The fourth-order valence-electron chi connectivity index (χ4n) is 5.60. The predicted octanol–water partition coefficient (Wildman–Crippen LogP) is 4.18. The van der Waals surface area contributed by atoms with Gasteiger partial charge in [-0.3, -0.25) is 5.41 Å². The molecule has 1 aromatic carbocycles. The Morgan fingerprint density at radius 3 is 2.71 bits per heavy atom. The third-order valence-corrected chi connectivity index (χ3v) is 6.46. The zero-order chi connectivity index (χ0) is 15.0. The van der Waals surface area contributed by atoms with Crippen LogP contribution in [0.25, 0.3) is 0 Å². The van der Waals surface area contributed by atoms with Crippen LogP contribution in [0, 0.1) is 28.0 Å². The molecule has 1 N–H and O–H groups in total.